The maximum atomic E-state index is 14.0. The van der Waals surface area contributed by atoms with Crippen LogP contribution >= 0.6 is 0 Å². The molecule has 6 amide bonds. The van der Waals surface area contributed by atoms with Crippen LogP contribution in [0.15, 0.2) is 30.5 Å². The van der Waals surface area contributed by atoms with Crippen LogP contribution in [0.4, 0.5) is 0 Å². The van der Waals surface area contributed by atoms with Gasteiger partial charge in [-0.15, -0.1) is 0 Å². The zero-order chi connectivity index (χ0) is 42.1. The number of H-pyrrole nitrogens is 1. The van der Waals surface area contributed by atoms with Gasteiger partial charge in [-0.1, -0.05) is 32.0 Å². The lowest BCUT2D eigenvalue weighted by Crippen LogP contribution is -2.60. The molecule has 0 aliphatic carbocycles. The smallest absolute Gasteiger partial charge is 0.328 e. The second-order valence-corrected chi connectivity index (χ2v) is 13.9. The highest BCUT2D eigenvalue weighted by Gasteiger charge is 2.34. The van der Waals surface area contributed by atoms with E-state index in [1.54, 1.807) is 44.3 Å². The molecule has 20 heteroatoms. The van der Waals surface area contributed by atoms with Gasteiger partial charge in [-0.2, -0.15) is 0 Å². The third-order valence-corrected chi connectivity index (χ3v) is 8.63. The molecule has 20 nitrogen and oxygen atoms in total. The molecule has 14 N–H and O–H groups in total. The van der Waals surface area contributed by atoms with Crippen molar-refractivity contribution in [2.75, 3.05) is 13.2 Å². The first kappa shape index (κ1) is 46.6. The highest BCUT2D eigenvalue weighted by molar-refractivity contribution is 5.98. The molecular weight excluding hydrogens is 734 g/mol. The first-order valence-electron chi connectivity index (χ1n) is 18.3. The average molecular weight is 790 g/mol. The van der Waals surface area contributed by atoms with Gasteiger partial charge in [-0.25, -0.2) is 4.79 Å². The van der Waals surface area contributed by atoms with E-state index in [-0.39, 0.29) is 31.7 Å². The van der Waals surface area contributed by atoms with E-state index in [2.05, 4.69) is 36.9 Å². The second kappa shape index (κ2) is 22.7. The van der Waals surface area contributed by atoms with Crippen molar-refractivity contribution >= 4 is 58.3 Å². The van der Waals surface area contributed by atoms with Gasteiger partial charge in [-0.05, 0) is 63.6 Å². The number of aromatic amines is 1. The van der Waals surface area contributed by atoms with E-state index in [1.807, 2.05) is 0 Å². The number of aliphatic hydroxyl groups is 1. The molecular formula is C36H55N9O11. The molecule has 310 valence electrons. The van der Waals surface area contributed by atoms with Gasteiger partial charge < -0.3 is 63.7 Å². The number of unbranched alkanes of at least 4 members (excludes halogenated alkanes) is 1. The van der Waals surface area contributed by atoms with Crippen LogP contribution in [0, 0.1) is 5.92 Å². The van der Waals surface area contributed by atoms with Crippen LogP contribution in [0.25, 0.3) is 10.9 Å². The highest BCUT2D eigenvalue weighted by atomic mass is 16.4. The lowest BCUT2D eigenvalue weighted by atomic mass is 10.0. The number of fused-ring (bicyclic) bond motifs is 1. The third kappa shape index (κ3) is 14.9. The molecule has 0 fully saturated rings. The van der Waals surface area contributed by atoms with Crippen LogP contribution in [0.5, 0.6) is 0 Å². The van der Waals surface area contributed by atoms with Gasteiger partial charge >= 0.3 is 11.9 Å². The Morgan fingerprint density at radius 3 is 1.84 bits per heavy atom. The Balaban J connectivity index is 2.40. The molecule has 7 atom stereocenters. The van der Waals surface area contributed by atoms with Crippen LogP contribution in [0.1, 0.15) is 65.4 Å². The molecule has 1 heterocycles. The number of aliphatic hydroxyl groups excluding tert-OH is 1. The van der Waals surface area contributed by atoms with Gasteiger partial charge in [0, 0.05) is 23.5 Å². The number of amides is 6. The first-order chi connectivity index (χ1) is 26.4. The maximum Gasteiger partial charge on any atom is 0.328 e. The Hall–Kier alpha value is -5.60. The Bertz CT molecular complexity index is 1700. The number of aliphatic carboxylic acids is 2. The number of carboxylic acids is 2. The maximum absolute atomic E-state index is 14.0. The van der Waals surface area contributed by atoms with Crippen LogP contribution in [0.2, 0.25) is 0 Å². The minimum atomic E-state index is -1.69. The van der Waals surface area contributed by atoms with Gasteiger partial charge in [0.25, 0.3) is 0 Å². The molecule has 1 aromatic carbocycles. The molecule has 0 saturated carbocycles. The summed E-state index contributed by atoms with van der Waals surface area (Å²) in [7, 11) is 0. The Morgan fingerprint density at radius 1 is 0.696 bits per heavy atom. The Morgan fingerprint density at radius 2 is 1.25 bits per heavy atom. The summed E-state index contributed by atoms with van der Waals surface area (Å²) < 4.78 is 0. The average Bonchev–Trinajstić information content (AvgIpc) is 3.54. The van der Waals surface area contributed by atoms with E-state index < -0.39 is 103 Å². The van der Waals surface area contributed by atoms with Crippen molar-refractivity contribution < 1.29 is 53.7 Å². The number of carboxylic acid groups (broad SMARTS) is 2. The number of nitrogens with one attached hydrogen (secondary N) is 7. The number of hydrogen-bond donors (Lipinski definition) is 12. The molecule has 0 spiro atoms. The largest absolute Gasteiger partial charge is 0.481 e. The van der Waals surface area contributed by atoms with E-state index >= 15 is 0 Å². The van der Waals surface area contributed by atoms with Crippen LogP contribution in [0.3, 0.4) is 0 Å². The summed E-state index contributed by atoms with van der Waals surface area (Å²) in [4.78, 5) is 106. The predicted octanol–water partition coefficient (Wildman–Crippen LogP) is -2.29. The van der Waals surface area contributed by atoms with Crippen LogP contribution in [-0.4, -0.2) is 123 Å². The predicted molar refractivity (Wildman–Crippen MR) is 202 cm³/mol. The lowest BCUT2D eigenvalue weighted by Gasteiger charge is -2.27. The van der Waals surface area contributed by atoms with Crippen molar-refractivity contribution in [1.29, 1.82) is 0 Å². The number of carbonyl (C=O) groups excluding carboxylic acids is 6. The van der Waals surface area contributed by atoms with E-state index in [1.165, 1.54) is 13.8 Å². The number of para-hydroxylation sites is 1. The highest BCUT2D eigenvalue weighted by Crippen LogP contribution is 2.19. The minimum Gasteiger partial charge on any atom is -0.481 e. The normalized spacial score (nSPS) is 14.9. The zero-order valence-electron chi connectivity index (χ0n) is 31.9. The summed E-state index contributed by atoms with van der Waals surface area (Å²) in [6, 6.07) is -2.36. The molecule has 2 aromatic rings. The molecule has 0 saturated heterocycles. The van der Waals surface area contributed by atoms with Gasteiger partial charge in [0.05, 0.1) is 19.1 Å². The number of aromatic nitrogens is 1. The van der Waals surface area contributed by atoms with Gasteiger partial charge in [0.1, 0.15) is 36.3 Å². The van der Waals surface area contributed by atoms with Gasteiger partial charge in [0.15, 0.2) is 0 Å². The number of carbonyl (C=O) groups is 8. The second-order valence-electron chi connectivity index (χ2n) is 13.9. The lowest BCUT2D eigenvalue weighted by molar-refractivity contribution is -0.143. The van der Waals surface area contributed by atoms with Gasteiger partial charge in [-0.3, -0.25) is 33.6 Å². The molecule has 0 aliphatic rings. The summed E-state index contributed by atoms with van der Waals surface area (Å²) >= 11 is 0. The molecule has 0 bridgehead atoms. The molecule has 2 rings (SSSR count). The molecule has 0 aliphatic heterocycles. The van der Waals surface area contributed by atoms with Crippen molar-refractivity contribution in [3.8, 4) is 0 Å². The number of rotatable bonds is 24. The van der Waals surface area contributed by atoms with E-state index in [0.717, 1.165) is 10.9 Å². The summed E-state index contributed by atoms with van der Waals surface area (Å²) in [5.74, 6) is -8.21. The topological polar surface area (TPSA) is 337 Å². The number of benzene rings is 1. The quantitative estimate of drug-likeness (QED) is 0.0499. The number of hydrogen-bond acceptors (Lipinski definition) is 11. The first-order valence-corrected chi connectivity index (χ1v) is 18.3. The fourth-order valence-corrected chi connectivity index (χ4v) is 5.56. The molecule has 0 radical (unpaired) electrons. The third-order valence-electron chi connectivity index (χ3n) is 8.63. The van der Waals surface area contributed by atoms with E-state index in [4.69, 9.17) is 11.5 Å². The van der Waals surface area contributed by atoms with Gasteiger partial charge in [0.2, 0.25) is 35.4 Å². The molecule has 56 heavy (non-hydrogen) atoms. The SMILES string of the molecule is CC(C)C[C@H](NC(=O)[C@H](C)N)C(=O)N[C@@H](CC(=O)O)C(=O)N[C@@H](CCCCN)C(=O)N[C@@H](Cc1c[nH]c2ccccc12)C(=O)N[C@@H](C)C(=O)N[C@@H](CO)C(=O)O. The standard InChI is InChI=1S/C36H55N9O11/c1-18(2)13-25(42-30(49)19(3)38)34(53)44-27(15-29(47)48)35(54)41-24(11-7-8-12-37)32(51)43-26(14-21-16-39-23-10-6-5-9-22(21)23)33(52)40-20(4)31(50)45-28(17-46)36(55)56/h5-6,9-10,16,18-20,24-28,39,46H,7-8,11-15,17,37-38H2,1-4H3,(H,40,52)(H,41,54)(H,42,49)(H,43,51)(H,44,53)(H,45,50)(H,47,48)(H,55,56)/t19-,20-,24-,25-,26-,27-,28-/m0/s1. The summed E-state index contributed by atoms with van der Waals surface area (Å²) in [5, 5.41) is 43.4. The summed E-state index contributed by atoms with van der Waals surface area (Å²) in [5.41, 5.74) is 12.6. The van der Waals surface area contributed by atoms with Crippen LogP contribution in [-0.2, 0) is 44.8 Å². The van der Waals surface area contributed by atoms with Crippen molar-refractivity contribution in [1.82, 2.24) is 36.9 Å². The fraction of sp³-hybridized carbons (Fsp3) is 0.556. The van der Waals surface area contributed by atoms with Crippen LogP contribution < -0.4 is 43.4 Å². The summed E-state index contributed by atoms with van der Waals surface area (Å²) in [6.07, 6.45) is 1.51. The Kier molecular flexibility index (Phi) is 18.9. The Labute approximate surface area is 323 Å². The van der Waals surface area contributed by atoms with Crippen molar-refractivity contribution in [2.45, 2.75) is 109 Å². The fourth-order valence-electron chi connectivity index (χ4n) is 5.56. The van der Waals surface area contributed by atoms with Crippen molar-refractivity contribution in [2.24, 2.45) is 17.4 Å². The zero-order valence-corrected chi connectivity index (χ0v) is 31.9. The molecule has 0 unspecified atom stereocenters. The monoisotopic (exact) mass is 789 g/mol. The molecule has 1 aromatic heterocycles. The van der Waals surface area contributed by atoms with E-state index in [9.17, 15) is 53.7 Å². The minimum absolute atomic E-state index is 0.0130. The van der Waals surface area contributed by atoms with Crippen molar-refractivity contribution in [3.05, 3.63) is 36.0 Å². The van der Waals surface area contributed by atoms with Crippen molar-refractivity contribution in [3.63, 3.8) is 0 Å². The summed E-state index contributed by atoms with van der Waals surface area (Å²) in [6.45, 7) is 5.61. The van der Waals surface area contributed by atoms with E-state index in [0.29, 0.717) is 18.4 Å². The number of nitrogens with two attached hydrogens (primary N) is 2.